The average molecular weight is 330 g/mol. The number of hydrogen-bond donors (Lipinski definition) is 0. The van der Waals surface area contributed by atoms with Gasteiger partial charge in [-0.25, -0.2) is 9.59 Å². The molecule has 1 heterocycles. The molecule has 1 aromatic carbocycles. The third-order valence-corrected chi connectivity index (χ3v) is 4.48. The van der Waals surface area contributed by atoms with Crippen molar-refractivity contribution in [3.8, 4) is 5.75 Å². The van der Waals surface area contributed by atoms with E-state index in [-0.39, 0.29) is 11.7 Å². The summed E-state index contributed by atoms with van der Waals surface area (Å²) in [6, 6.07) is 5.36. The van der Waals surface area contributed by atoms with Crippen LogP contribution in [-0.4, -0.2) is 18.2 Å². The molecule has 0 N–H and O–H groups in total. The van der Waals surface area contributed by atoms with Crippen molar-refractivity contribution in [3.63, 3.8) is 0 Å². The maximum absolute atomic E-state index is 12.0. The van der Waals surface area contributed by atoms with Crippen LogP contribution in [-0.2, 0) is 22.4 Å². The molecule has 0 aliphatic heterocycles. The fourth-order valence-electron chi connectivity index (χ4n) is 2.97. The number of benzene rings is 1. The Labute approximate surface area is 140 Å². The second-order valence-electron chi connectivity index (χ2n) is 6.27. The summed E-state index contributed by atoms with van der Waals surface area (Å²) in [4.78, 5) is 24.0. The van der Waals surface area contributed by atoms with Crippen molar-refractivity contribution in [2.75, 3.05) is 0 Å². The van der Waals surface area contributed by atoms with E-state index in [4.69, 9.17) is 13.9 Å². The third-order valence-electron chi connectivity index (χ3n) is 4.48. The number of carbonyl (C=O) groups is 1. The van der Waals surface area contributed by atoms with Crippen LogP contribution in [0.5, 0.6) is 5.75 Å². The van der Waals surface area contributed by atoms with Crippen molar-refractivity contribution in [1.29, 1.82) is 0 Å². The zero-order valence-electron chi connectivity index (χ0n) is 14.3. The van der Waals surface area contributed by atoms with Gasteiger partial charge in [0.1, 0.15) is 11.3 Å². The second-order valence-corrected chi connectivity index (χ2v) is 6.27. The molecule has 0 fully saturated rings. The van der Waals surface area contributed by atoms with Crippen molar-refractivity contribution in [2.45, 2.75) is 58.7 Å². The highest BCUT2D eigenvalue weighted by Crippen LogP contribution is 2.29. The highest BCUT2D eigenvalue weighted by Gasteiger charge is 2.21. The van der Waals surface area contributed by atoms with E-state index in [0.717, 1.165) is 42.2 Å². The zero-order valence-corrected chi connectivity index (χ0v) is 14.3. The van der Waals surface area contributed by atoms with Gasteiger partial charge in [0.05, 0.1) is 6.10 Å². The molecule has 5 nitrogen and oxygen atoms in total. The number of aryl methyl sites for hydroxylation is 1. The normalized spacial score (nSPS) is 15.8. The Morgan fingerprint density at radius 1 is 1.25 bits per heavy atom. The Balaban J connectivity index is 1.83. The van der Waals surface area contributed by atoms with Gasteiger partial charge < -0.3 is 13.9 Å². The summed E-state index contributed by atoms with van der Waals surface area (Å²) < 4.78 is 16.3. The fraction of sp³-hybridized carbons (Fsp3) is 0.474. The van der Waals surface area contributed by atoms with E-state index < -0.39 is 12.1 Å². The Morgan fingerprint density at radius 2 is 2.00 bits per heavy atom. The van der Waals surface area contributed by atoms with Gasteiger partial charge in [0.15, 0.2) is 6.10 Å². The van der Waals surface area contributed by atoms with E-state index in [2.05, 4.69) is 0 Å². The van der Waals surface area contributed by atoms with Crippen LogP contribution in [0.3, 0.4) is 0 Å². The summed E-state index contributed by atoms with van der Waals surface area (Å²) in [7, 11) is 0. The number of rotatable bonds is 5. The van der Waals surface area contributed by atoms with E-state index in [0.29, 0.717) is 11.3 Å². The van der Waals surface area contributed by atoms with Gasteiger partial charge in [0.2, 0.25) is 0 Å². The van der Waals surface area contributed by atoms with Crippen molar-refractivity contribution < 1.29 is 18.7 Å². The minimum Gasteiger partial charge on any atom is -0.479 e. The lowest BCUT2D eigenvalue weighted by atomic mass is 10.1. The van der Waals surface area contributed by atoms with Crippen LogP contribution in [0.1, 0.15) is 44.7 Å². The van der Waals surface area contributed by atoms with Crippen LogP contribution in [0.25, 0.3) is 11.0 Å². The predicted molar refractivity (Wildman–Crippen MR) is 90.4 cm³/mol. The van der Waals surface area contributed by atoms with Crippen LogP contribution in [0.2, 0.25) is 0 Å². The SMILES string of the molecule is CC[C@@H](C)OC(=O)[C@H](C)Oc1ccc2c3c(c(=O)oc2c1)CCC3. The smallest absolute Gasteiger partial charge is 0.347 e. The molecular formula is C19H22O5. The number of hydrogen-bond acceptors (Lipinski definition) is 5. The van der Waals surface area contributed by atoms with Crippen molar-refractivity contribution in [1.82, 2.24) is 0 Å². The largest absolute Gasteiger partial charge is 0.479 e. The highest BCUT2D eigenvalue weighted by molar-refractivity contribution is 5.83. The minimum absolute atomic E-state index is 0.138. The molecule has 0 saturated heterocycles. The van der Waals surface area contributed by atoms with Gasteiger partial charge in [-0.05, 0) is 57.2 Å². The standard InChI is InChI=1S/C19H22O5/c1-4-11(2)22-18(20)12(3)23-13-8-9-15-14-6-5-7-16(14)19(21)24-17(15)10-13/h8-12H,4-7H2,1-3H3/t11-,12+/m1/s1. The molecule has 0 unspecified atom stereocenters. The van der Waals surface area contributed by atoms with Crippen LogP contribution in [0.15, 0.2) is 27.4 Å². The van der Waals surface area contributed by atoms with E-state index in [1.54, 1.807) is 19.1 Å². The molecule has 1 aliphatic rings. The van der Waals surface area contributed by atoms with Gasteiger partial charge in [0, 0.05) is 17.0 Å². The van der Waals surface area contributed by atoms with Crippen LogP contribution < -0.4 is 10.4 Å². The van der Waals surface area contributed by atoms with Gasteiger partial charge in [-0.3, -0.25) is 0 Å². The van der Waals surface area contributed by atoms with Gasteiger partial charge in [-0.1, -0.05) is 6.92 Å². The number of ether oxygens (including phenoxy) is 2. The molecule has 0 bridgehead atoms. The Hall–Kier alpha value is -2.30. The molecule has 2 atom stereocenters. The minimum atomic E-state index is -0.724. The quantitative estimate of drug-likeness (QED) is 0.621. The number of fused-ring (bicyclic) bond motifs is 3. The van der Waals surface area contributed by atoms with Crippen molar-refractivity contribution in [3.05, 3.63) is 39.7 Å². The van der Waals surface area contributed by atoms with Crippen LogP contribution >= 0.6 is 0 Å². The molecule has 0 radical (unpaired) electrons. The fourth-order valence-corrected chi connectivity index (χ4v) is 2.97. The lowest BCUT2D eigenvalue weighted by Gasteiger charge is -2.17. The number of carbonyl (C=O) groups excluding carboxylic acids is 1. The summed E-state index contributed by atoms with van der Waals surface area (Å²) in [5.41, 5.74) is 2.11. The van der Waals surface area contributed by atoms with E-state index in [1.165, 1.54) is 0 Å². The van der Waals surface area contributed by atoms with Crippen molar-refractivity contribution in [2.24, 2.45) is 0 Å². The Kier molecular flexibility index (Phi) is 4.60. The topological polar surface area (TPSA) is 65.7 Å². The first-order chi connectivity index (χ1) is 11.5. The maximum atomic E-state index is 12.0. The summed E-state index contributed by atoms with van der Waals surface area (Å²) >= 11 is 0. The molecule has 3 rings (SSSR count). The molecule has 0 amide bonds. The molecule has 128 valence electrons. The summed E-state index contributed by atoms with van der Waals surface area (Å²) in [6.07, 6.45) is 2.55. The number of esters is 1. The predicted octanol–water partition coefficient (Wildman–Crippen LogP) is 3.39. The average Bonchev–Trinajstić information content (AvgIpc) is 3.05. The first kappa shape index (κ1) is 16.6. The summed E-state index contributed by atoms with van der Waals surface area (Å²) in [5, 5.41) is 0.948. The van der Waals surface area contributed by atoms with Gasteiger partial charge >= 0.3 is 11.6 Å². The molecule has 0 spiro atoms. The molecule has 2 aromatic rings. The molecule has 1 aromatic heterocycles. The van der Waals surface area contributed by atoms with Gasteiger partial charge in [-0.2, -0.15) is 0 Å². The second kappa shape index (κ2) is 6.67. The highest BCUT2D eigenvalue weighted by atomic mass is 16.6. The summed E-state index contributed by atoms with van der Waals surface area (Å²) in [6.45, 7) is 5.44. The maximum Gasteiger partial charge on any atom is 0.347 e. The molecule has 24 heavy (non-hydrogen) atoms. The van der Waals surface area contributed by atoms with Crippen molar-refractivity contribution >= 4 is 16.9 Å². The molecular weight excluding hydrogens is 308 g/mol. The first-order valence-corrected chi connectivity index (χ1v) is 8.45. The molecule has 0 saturated carbocycles. The lowest BCUT2D eigenvalue weighted by molar-refractivity contribution is -0.155. The zero-order chi connectivity index (χ0) is 17.3. The Morgan fingerprint density at radius 3 is 2.75 bits per heavy atom. The molecule has 5 heteroatoms. The van der Waals surface area contributed by atoms with E-state index in [1.807, 2.05) is 19.9 Å². The first-order valence-electron chi connectivity index (χ1n) is 8.45. The monoisotopic (exact) mass is 330 g/mol. The third kappa shape index (κ3) is 3.16. The van der Waals surface area contributed by atoms with E-state index in [9.17, 15) is 9.59 Å². The van der Waals surface area contributed by atoms with Gasteiger partial charge in [0.25, 0.3) is 0 Å². The van der Waals surface area contributed by atoms with Crippen LogP contribution in [0, 0.1) is 0 Å². The van der Waals surface area contributed by atoms with Crippen LogP contribution in [0.4, 0.5) is 0 Å². The van der Waals surface area contributed by atoms with Gasteiger partial charge in [-0.15, -0.1) is 0 Å². The summed E-state index contributed by atoms with van der Waals surface area (Å²) in [5.74, 6) is 0.0806. The Bertz CT molecular complexity index is 820. The molecule has 1 aliphatic carbocycles. The lowest BCUT2D eigenvalue weighted by Crippen LogP contribution is -2.29. The van der Waals surface area contributed by atoms with E-state index >= 15 is 0 Å².